The molecule has 1 heterocycles. The van der Waals surface area contributed by atoms with Gasteiger partial charge >= 0.3 is 5.97 Å². The van der Waals surface area contributed by atoms with E-state index < -0.39 is 22.0 Å². The second-order valence-electron chi connectivity index (χ2n) is 9.06. The van der Waals surface area contributed by atoms with Gasteiger partial charge in [0, 0.05) is 34.6 Å². The highest BCUT2D eigenvalue weighted by Crippen LogP contribution is 2.31. The summed E-state index contributed by atoms with van der Waals surface area (Å²) in [6.45, 7) is 4.28. The van der Waals surface area contributed by atoms with Gasteiger partial charge in [0.2, 0.25) is 10.0 Å². The van der Waals surface area contributed by atoms with Crippen LogP contribution in [0.3, 0.4) is 0 Å². The molecular weight excluding hydrogens is 552 g/mol. The van der Waals surface area contributed by atoms with Gasteiger partial charge in [-0.1, -0.05) is 29.7 Å². The molecule has 0 spiro atoms. The monoisotopic (exact) mass is 580 g/mol. The summed E-state index contributed by atoms with van der Waals surface area (Å²) in [5.74, 6) is 5.38. The maximum Gasteiger partial charge on any atom is 0.322 e. The molecule has 0 amide bonds. The maximum atomic E-state index is 13.1. The number of halogens is 1. The molecule has 2 N–H and O–H groups in total. The van der Waals surface area contributed by atoms with Crippen LogP contribution < -0.4 is 14.2 Å². The number of aliphatic carboxylic acids is 1. The Labute approximate surface area is 238 Å². The van der Waals surface area contributed by atoms with Crippen LogP contribution in [0, 0.1) is 18.8 Å². The molecule has 208 valence electrons. The van der Waals surface area contributed by atoms with E-state index in [2.05, 4.69) is 21.1 Å². The predicted molar refractivity (Wildman–Crippen MR) is 155 cm³/mol. The molecule has 4 aromatic rings. The van der Waals surface area contributed by atoms with E-state index in [4.69, 9.17) is 21.1 Å². The molecule has 4 rings (SSSR count). The molecule has 0 saturated carbocycles. The number of carboxylic acid groups (broad SMARTS) is 1. The van der Waals surface area contributed by atoms with E-state index in [1.165, 1.54) is 24.3 Å². The summed E-state index contributed by atoms with van der Waals surface area (Å²) in [5.41, 5.74) is 3.40. The van der Waals surface area contributed by atoms with E-state index in [9.17, 15) is 18.3 Å². The molecule has 0 aliphatic carbocycles. The van der Waals surface area contributed by atoms with Gasteiger partial charge in [-0.2, -0.15) is 4.72 Å². The van der Waals surface area contributed by atoms with Crippen molar-refractivity contribution in [3.8, 4) is 23.3 Å². The molecule has 3 aromatic carbocycles. The lowest BCUT2D eigenvalue weighted by atomic mass is 10.0. The number of carbonyl (C=O) groups is 1. The van der Waals surface area contributed by atoms with Crippen LogP contribution in [-0.2, 0) is 27.8 Å². The summed E-state index contributed by atoms with van der Waals surface area (Å²) < 4.78 is 41.4. The molecule has 1 atom stereocenters. The highest BCUT2D eigenvalue weighted by Gasteiger charge is 2.28. The second kappa shape index (κ2) is 12.5. The van der Waals surface area contributed by atoms with Gasteiger partial charge in [-0.05, 0) is 79.6 Å². The summed E-state index contributed by atoms with van der Waals surface area (Å²) in [7, 11) is -2.54. The van der Waals surface area contributed by atoms with Gasteiger partial charge in [-0.25, -0.2) is 8.42 Å². The Morgan fingerprint density at radius 1 is 1.07 bits per heavy atom. The first-order valence-corrected chi connectivity index (χ1v) is 14.3. The first kappa shape index (κ1) is 29.0. The summed E-state index contributed by atoms with van der Waals surface area (Å²) in [4.78, 5) is 12.2. The SMILES string of the molecule is CC#CCOc1ccc(S(=O)(=O)N[C@@H](Cc2c(C)n(Cc3ccc(OC)cc3)c3ccc(Cl)cc23)C(=O)O)cc1. The third kappa shape index (κ3) is 6.59. The first-order chi connectivity index (χ1) is 19.1. The molecule has 40 heavy (non-hydrogen) atoms. The topological polar surface area (TPSA) is 107 Å². The zero-order valence-corrected chi connectivity index (χ0v) is 23.8. The first-order valence-electron chi connectivity index (χ1n) is 12.4. The number of methoxy groups -OCH3 is 1. The minimum absolute atomic E-state index is 0.0747. The molecule has 0 saturated heterocycles. The van der Waals surface area contributed by atoms with Crippen LogP contribution in [0.1, 0.15) is 23.7 Å². The van der Waals surface area contributed by atoms with Crippen molar-refractivity contribution in [1.29, 1.82) is 0 Å². The van der Waals surface area contributed by atoms with Crippen LogP contribution in [0.25, 0.3) is 10.9 Å². The van der Waals surface area contributed by atoms with Crippen molar-refractivity contribution in [1.82, 2.24) is 9.29 Å². The van der Waals surface area contributed by atoms with E-state index in [1.54, 1.807) is 26.2 Å². The number of aromatic nitrogens is 1. The summed E-state index contributed by atoms with van der Waals surface area (Å²) in [6.07, 6.45) is -0.0796. The van der Waals surface area contributed by atoms with Crippen molar-refractivity contribution < 1.29 is 27.8 Å². The van der Waals surface area contributed by atoms with Crippen LogP contribution >= 0.6 is 11.6 Å². The molecule has 0 bridgehead atoms. The second-order valence-corrected chi connectivity index (χ2v) is 11.2. The minimum atomic E-state index is -4.15. The van der Waals surface area contributed by atoms with Crippen molar-refractivity contribution in [2.45, 2.75) is 37.8 Å². The van der Waals surface area contributed by atoms with Gasteiger partial charge in [0.25, 0.3) is 0 Å². The molecule has 0 unspecified atom stereocenters. The summed E-state index contributed by atoms with van der Waals surface area (Å²) >= 11 is 6.32. The maximum absolute atomic E-state index is 13.1. The standard InChI is InChI=1S/C30H29ClN2O6S/c1-4-5-16-39-24-11-13-25(14-12-24)40(36,37)32-28(30(34)35)18-26-20(2)33(29-15-8-22(31)17-27(26)29)19-21-6-9-23(38-3)10-7-21/h6-15,17,28,32H,16,18-19H2,1-3H3,(H,34,35)/t28-/m0/s1. The third-order valence-corrected chi connectivity index (χ3v) is 8.26. The van der Waals surface area contributed by atoms with Gasteiger partial charge in [0.1, 0.15) is 24.1 Å². The van der Waals surface area contributed by atoms with Crippen LogP contribution in [0.4, 0.5) is 0 Å². The molecule has 0 radical (unpaired) electrons. The molecule has 0 fully saturated rings. The number of hydrogen-bond donors (Lipinski definition) is 2. The van der Waals surface area contributed by atoms with E-state index in [1.807, 2.05) is 37.3 Å². The highest BCUT2D eigenvalue weighted by molar-refractivity contribution is 7.89. The summed E-state index contributed by atoms with van der Waals surface area (Å²) in [6, 6.07) is 17.4. The lowest BCUT2D eigenvalue weighted by Crippen LogP contribution is -2.42. The summed E-state index contributed by atoms with van der Waals surface area (Å²) in [5, 5.41) is 11.3. The van der Waals surface area contributed by atoms with Crippen LogP contribution in [0.2, 0.25) is 5.02 Å². The molecule has 0 aliphatic heterocycles. The van der Waals surface area contributed by atoms with Crippen molar-refractivity contribution in [2.75, 3.05) is 13.7 Å². The van der Waals surface area contributed by atoms with E-state index >= 15 is 0 Å². The van der Waals surface area contributed by atoms with E-state index in [0.717, 1.165) is 27.9 Å². The van der Waals surface area contributed by atoms with Gasteiger partial charge in [0.15, 0.2) is 0 Å². The van der Waals surface area contributed by atoms with Gasteiger partial charge < -0.3 is 19.1 Å². The largest absolute Gasteiger partial charge is 0.497 e. The fourth-order valence-electron chi connectivity index (χ4n) is 4.44. The van der Waals surface area contributed by atoms with Crippen LogP contribution in [0.5, 0.6) is 11.5 Å². The Bertz CT molecular complexity index is 1680. The van der Waals surface area contributed by atoms with E-state index in [0.29, 0.717) is 22.9 Å². The predicted octanol–water partition coefficient (Wildman–Crippen LogP) is 5.04. The quantitative estimate of drug-likeness (QED) is 0.241. The number of nitrogens with zero attached hydrogens (tertiary/aromatic N) is 1. The number of ether oxygens (including phenoxy) is 2. The lowest BCUT2D eigenvalue weighted by Gasteiger charge is -2.16. The Balaban J connectivity index is 1.63. The van der Waals surface area contributed by atoms with Gasteiger partial charge in [0.05, 0.1) is 12.0 Å². The van der Waals surface area contributed by atoms with Crippen molar-refractivity contribution >= 4 is 38.5 Å². The van der Waals surface area contributed by atoms with Crippen molar-refractivity contribution in [3.63, 3.8) is 0 Å². The smallest absolute Gasteiger partial charge is 0.322 e. The fraction of sp³-hybridized carbons (Fsp3) is 0.233. The van der Waals surface area contributed by atoms with Crippen LogP contribution in [-0.4, -0.2) is 43.8 Å². The Morgan fingerprint density at radius 2 is 1.75 bits per heavy atom. The molecule has 0 aliphatic rings. The zero-order valence-electron chi connectivity index (χ0n) is 22.3. The highest BCUT2D eigenvalue weighted by atomic mass is 35.5. The van der Waals surface area contributed by atoms with Gasteiger partial charge in [-0.15, -0.1) is 5.92 Å². The average Bonchev–Trinajstić information content (AvgIpc) is 3.18. The van der Waals surface area contributed by atoms with Crippen LogP contribution in [0.15, 0.2) is 71.6 Å². The van der Waals surface area contributed by atoms with Gasteiger partial charge in [-0.3, -0.25) is 4.79 Å². The molecular formula is C30H29ClN2O6S. The number of fused-ring (bicyclic) bond motifs is 1. The zero-order chi connectivity index (χ0) is 28.9. The third-order valence-electron chi connectivity index (χ3n) is 6.54. The fourth-order valence-corrected chi connectivity index (χ4v) is 5.81. The minimum Gasteiger partial charge on any atom is -0.497 e. The number of nitrogens with one attached hydrogen (secondary N) is 1. The Kier molecular flexibility index (Phi) is 9.05. The number of rotatable bonds is 11. The average molecular weight is 581 g/mol. The Morgan fingerprint density at radius 3 is 2.38 bits per heavy atom. The number of sulfonamides is 1. The molecule has 8 nitrogen and oxygen atoms in total. The normalized spacial score (nSPS) is 12.0. The number of hydrogen-bond acceptors (Lipinski definition) is 5. The van der Waals surface area contributed by atoms with E-state index in [-0.39, 0.29) is 17.9 Å². The lowest BCUT2D eigenvalue weighted by molar-refractivity contribution is -0.138. The number of carboxylic acids is 1. The van der Waals surface area contributed by atoms with Crippen molar-refractivity contribution in [3.05, 3.63) is 88.6 Å². The number of benzene rings is 3. The van der Waals surface area contributed by atoms with Crippen molar-refractivity contribution in [2.24, 2.45) is 0 Å². The molecule has 1 aromatic heterocycles. The Hall–Kier alpha value is -3.97. The molecule has 10 heteroatoms.